The van der Waals surface area contributed by atoms with E-state index in [0.717, 1.165) is 12.1 Å². The number of alkyl halides is 3. The highest BCUT2D eigenvalue weighted by molar-refractivity contribution is 6.34. The summed E-state index contributed by atoms with van der Waals surface area (Å²) in [6.45, 7) is 0. The maximum Gasteiger partial charge on any atom is 0.573 e. The van der Waals surface area contributed by atoms with Crippen LogP contribution >= 0.6 is 11.6 Å². The molecule has 0 saturated carbocycles. The fourth-order valence-electron chi connectivity index (χ4n) is 2.32. The summed E-state index contributed by atoms with van der Waals surface area (Å²) in [5.41, 5.74) is 1.11. The van der Waals surface area contributed by atoms with E-state index in [4.69, 9.17) is 11.6 Å². The highest BCUT2D eigenvalue weighted by Crippen LogP contribution is 2.26. The number of nitrogens with one attached hydrogen (secondary N) is 2. The van der Waals surface area contributed by atoms with Gasteiger partial charge in [-0.25, -0.2) is 4.98 Å². The molecular weight excluding hydrogens is 395 g/mol. The number of hydrogen-bond acceptors (Lipinski definition) is 4. The number of amides is 1. The first-order valence-electron chi connectivity index (χ1n) is 7.95. The second-order valence-corrected chi connectivity index (χ2v) is 5.94. The van der Waals surface area contributed by atoms with Gasteiger partial charge in [-0.2, -0.15) is 0 Å². The first-order chi connectivity index (χ1) is 13.3. The second-order valence-electron chi connectivity index (χ2n) is 5.53. The van der Waals surface area contributed by atoms with Crippen LogP contribution in [0.1, 0.15) is 10.4 Å². The van der Waals surface area contributed by atoms with Gasteiger partial charge in [0, 0.05) is 11.9 Å². The van der Waals surface area contributed by atoms with Gasteiger partial charge in [0.2, 0.25) is 0 Å². The quantitative estimate of drug-likeness (QED) is 0.575. The van der Waals surface area contributed by atoms with E-state index in [1.165, 1.54) is 18.3 Å². The Morgan fingerprint density at radius 1 is 1.00 bits per heavy atom. The number of pyridine rings is 1. The van der Waals surface area contributed by atoms with Gasteiger partial charge in [0.05, 0.1) is 16.3 Å². The summed E-state index contributed by atoms with van der Waals surface area (Å²) in [4.78, 5) is 16.7. The van der Waals surface area contributed by atoms with Gasteiger partial charge >= 0.3 is 6.36 Å². The third kappa shape index (κ3) is 5.14. The fraction of sp³-hybridized carbons (Fsp3) is 0.0526. The smallest absolute Gasteiger partial charge is 0.406 e. The average molecular weight is 408 g/mol. The van der Waals surface area contributed by atoms with Crippen LogP contribution in [0.4, 0.5) is 30.4 Å². The summed E-state index contributed by atoms with van der Waals surface area (Å²) in [5.74, 6) is -0.562. The Morgan fingerprint density at radius 2 is 1.71 bits per heavy atom. The van der Waals surface area contributed by atoms with Crippen LogP contribution in [0.3, 0.4) is 0 Å². The standard InChI is InChI=1S/C19H13ClF3N3O2/c20-15-5-1-2-6-16(15)26-18(27)14-4-3-11-24-17(14)25-12-7-9-13(10-8-12)28-19(21,22)23/h1-11H,(H,24,25)(H,26,27). The van der Waals surface area contributed by atoms with E-state index in [2.05, 4.69) is 20.4 Å². The Morgan fingerprint density at radius 3 is 2.39 bits per heavy atom. The van der Waals surface area contributed by atoms with Gasteiger partial charge in [0.25, 0.3) is 5.91 Å². The lowest BCUT2D eigenvalue weighted by Crippen LogP contribution is -2.17. The Kier molecular flexibility index (Phi) is 5.70. The number of carbonyl (C=O) groups excluding carboxylic acids is 1. The highest BCUT2D eigenvalue weighted by Gasteiger charge is 2.30. The van der Waals surface area contributed by atoms with Crippen LogP contribution in [0.5, 0.6) is 5.75 Å². The molecule has 0 aliphatic carbocycles. The minimum Gasteiger partial charge on any atom is -0.406 e. The lowest BCUT2D eigenvalue weighted by molar-refractivity contribution is -0.274. The van der Waals surface area contributed by atoms with Crippen LogP contribution in [0, 0.1) is 0 Å². The first kappa shape index (κ1) is 19.5. The van der Waals surface area contributed by atoms with Crippen molar-refractivity contribution in [3.8, 4) is 5.75 Å². The lowest BCUT2D eigenvalue weighted by atomic mass is 10.2. The molecule has 0 aliphatic heterocycles. The van der Waals surface area contributed by atoms with Crippen molar-refractivity contribution in [2.45, 2.75) is 6.36 Å². The van der Waals surface area contributed by atoms with Crippen molar-refractivity contribution >= 4 is 34.7 Å². The molecule has 1 heterocycles. The number of benzene rings is 2. The number of anilines is 3. The summed E-state index contributed by atoms with van der Waals surface area (Å²) in [6.07, 6.45) is -3.28. The summed E-state index contributed by atoms with van der Waals surface area (Å²) in [5, 5.41) is 5.98. The predicted octanol–water partition coefficient (Wildman–Crippen LogP) is 5.63. The fourth-order valence-corrected chi connectivity index (χ4v) is 2.50. The topological polar surface area (TPSA) is 63.2 Å². The number of nitrogens with zero attached hydrogens (tertiary/aromatic N) is 1. The van der Waals surface area contributed by atoms with Gasteiger partial charge in [-0.15, -0.1) is 13.2 Å². The van der Waals surface area contributed by atoms with Crippen molar-refractivity contribution in [1.82, 2.24) is 4.98 Å². The molecule has 0 aliphatic rings. The molecule has 2 N–H and O–H groups in total. The molecule has 5 nitrogen and oxygen atoms in total. The van der Waals surface area contributed by atoms with Gasteiger partial charge in [-0.05, 0) is 48.5 Å². The predicted molar refractivity (Wildman–Crippen MR) is 100 cm³/mol. The van der Waals surface area contributed by atoms with Crippen molar-refractivity contribution in [2.75, 3.05) is 10.6 Å². The normalized spacial score (nSPS) is 11.0. The first-order valence-corrected chi connectivity index (χ1v) is 8.33. The van der Waals surface area contributed by atoms with E-state index in [-0.39, 0.29) is 17.1 Å². The maximum atomic E-state index is 12.6. The SMILES string of the molecule is O=C(Nc1ccccc1Cl)c1cccnc1Nc1ccc(OC(F)(F)F)cc1. The minimum atomic E-state index is -4.76. The molecule has 2 aromatic carbocycles. The van der Waals surface area contributed by atoms with Crippen molar-refractivity contribution in [2.24, 2.45) is 0 Å². The molecule has 0 spiro atoms. The van der Waals surface area contributed by atoms with E-state index in [9.17, 15) is 18.0 Å². The molecule has 28 heavy (non-hydrogen) atoms. The molecule has 144 valence electrons. The monoisotopic (exact) mass is 407 g/mol. The van der Waals surface area contributed by atoms with Crippen LogP contribution in [0.2, 0.25) is 5.02 Å². The Labute approximate surface area is 163 Å². The number of para-hydroxylation sites is 1. The molecule has 0 saturated heterocycles. The molecule has 1 aromatic heterocycles. The molecule has 9 heteroatoms. The molecule has 1 amide bonds. The molecule has 0 atom stereocenters. The number of carbonyl (C=O) groups is 1. The molecule has 0 fully saturated rings. The van der Waals surface area contributed by atoms with Gasteiger partial charge in [-0.3, -0.25) is 4.79 Å². The molecule has 3 aromatic rings. The Balaban J connectivity index is 1.77. The summed E-state index contributed by atoms with van der Waals surface area (Å²) < 4.78 is 40.5. The maximum absolute atomic E-state index is 12.6. The van der Waals surface area contributed by atoms with Gasteiger partial charge < -0.3 is 15.4 Å². The van der Waals surface area contributed by atoms with Crippen molar-refractivity contribution in [3.05, 3.63) is 77.4 Å². The van der Waals surface area contributed by atoms with E-state index in [1.54, 1.807) is 36.4 Å². The van der Waals surface area contributed by atoms with Gasteiger partial charge in [0.1, 0.15) is 11.6 Å². The molecular formula is C19H13ClF3N3O2. The van der Waals surface area contributed by atoms with Crippen LogP contribution in [-0.4, -0.2) is 17.3 Å². The summed E-state index contributed by atoms with van der Waals surface area (Å²) in [7, 11) is 0. The summed E-state index contributed by atoms with van der Waals surface area (Å²) >= 11 is 6.05. The molecule has 0 radical (unpaired) electrons. The zero-order chi connectivity index (χ0) is 20.1. The van der Waals surface area contributed by atoms with Crippen LogP contribution in [0.25, 0.3) is 0 Å². The van der Waals surface area contributed by atoms with Crippen molar-refractivity contribution in [3.63, 3.8) is 0 Å². The number of ether oxygens (including phenoxy) is 1. The minimum absolute atomic E-state index is 0.233. The third-order valence-corrected chi connectivity index (χ3v) is 3.85. The van der Waals surface area contributed by atoms with Crippen LogP contribution in [0.15, 0.2) is 66.9 Å². The zero-order valence-electron chi connectivity index (χ0n) is 14.1. The number of aromatic nitrogens is 1. The Bertz CT molecular complexity index is 979. The highest BCUT2D eigenvalue weighted by atomic mass is 35.5. The van der Waals surface area contributed by atoms with Crippen LogP contribution in [-0.2, 0) is 0 Å². The largest absolute Gasteiger partial charge is 0.573 e. The third-order valence-electron chi connectivity index (χ3n) is 3.53. The zero-order valence-corrected chi connectivity index (χ0v) is 14.9. The van der Waals surface area contributed by atoms with Gasteiger partial charge in [-0.1, -0.05) is 23.7 Å². The van der Waals surface area contributed by atoms with Crippen molar-refractivity contribution < 1.29 is 22.7 Å². The van der Waals surface area contributed by atoms with E-state index in [0.29, 0.717) is 16.4 Å². The van der Waals surface area contributed by atoms with Crippen LogP contribution < -0.4 is 15.4 Å². The number of halogens is 4. The van der Waals surface area contributed by atoms with E-state index in [1.807, 2.05) is 0 Å². The van der Waals surface area contributed by atoms with Gasteiger partial charge in [0.15, 0.2) is 0 Å². The van der Waals surface area contributed by atoms with Crippen molar-refractivity contribution in [1.29, 1.82) is 0 Å². The van der Waals surface area contributed by atoms with E-state index < -0.39 is 12.3 Å². The number of rotatable bonds is 5. The Hall–Kier alpha value is -3.26. The molecule has 0 unspecified atom stereocenters. The molecule has 0 bridgehead atoms. The summed E-state index contributed by atoms with van der Waals surface area (Å²) in [6, 6.07) is 15.0. The van der Waals surface area contributed by atoms with E-state index >= 15 is 0 Å². The molecule has 3 rings (SSSR count). The lowest BCUT2D eigenvalue weighted by Gasteiger charge is -2.13. The second kappa shape index (κ2) is 8.18. The average Bonchev–Trinajstić information content (AvgIpc) is 2.64. The number of hydrogen-bond donors (Lipinski definition) is 2.